The second kappa shape index (κ2) is 8.24. The maximum Gasteiger partial charge on any atom is 0.257 e. The molecule has 0 aliphatic heterocycles. The van der Waals surface area contributed by atoms with Crippen molar-refractivity contribution in [3.05, 3.63) is 65.2 Å². The summed E-state index contributed by atoms with van der Waals surface area (Å²) in [5, 5.41) is 10.8. The lowest BCUT2D eigenvalue weighted by Crippen LogP contribution is -2.11. The predicted molar refractivity (Wildman–Crippen MR) is 96.8 cm³/mol. The molecule has 0 unspecified atom stereocenters. The molecular weight excluding hydrogens is 380 g/mol. The Morgan fingerprint density at radius 3 is 2.88 bits per heavy atom. The number of ether oxygens (including phenoxy) is 1. The third-order valence-corrected chi connectivity index (χ3v) is 5.34. The summed E-state index contributed by atoms with van der Waals surface area (Å²) in [5.41, 5.74) is 0.669. The number of nitrogens with one attached hydrogen (secondary N) is 1. The van der Waals surface area contributed by atoms with Gasteiger partial charge >= 0.3 is 0 Å². The van der Waals surface area contributed by atoms with E-state index in [2.05, 4.69) is 15.5 Å². The highest BCUT2D eigenvalue weighted by molar-refractivity contribution is 8.00. The van der Waals surface area contributed by atoms with Crippen LogP contribution in [-0.4, -0.2) is 23.2 Å². The first-order valence-electron chi connectivity index (χ1n) is 7.41. The van der Waals surface area contributed by atoms with Gasteiger partial charge in [0, 0.05) is 16.9 Å². The van der Waals surface area contributed by atoms with E-state index >= 15 is 0 Å². The highest BCUT2D eigenvalue weighted by Crippen LogP contribution is 2.29. The molecule has 1 heterocycles. The van der Waals surface area contributed by atoms with Crippen LogP contribution in [0.5, 0.6) is 5.75 Å². The first-order valence-corrected chi connectivity index (χ1v) is 9.21. The Balaban J connectivity index is 1.62. The number of carbonyl (C=O) groups is 1. The molecular formula is C17H13F2N3O2S2. The molecule has 9 heteroatoms. The summed E-state index contributed by atoms with van der Waals surface area (Å²) in [6, 6.07) is 10.0. The number of rotatable bonds is 6. The maximum absolute atomic E-state index is 13.6. The molecule has 5 nitrogen and oxygen atoms in total. The van der Waals surface area contributed by atoms with Crippen molar-refractivity contribution >= 4 is 34.1 Å². The minimum atomic E-state index is -0.495. The predicted octanol–water partition coefficient (Wildman–Crippen LogP) is 4.37. The Morgan fingerprint density at radius 2 is 2.08 bits per heavy atom. The number of hydrogen-bond acceptors (Lipinski definition) is 6. The number of aromatic nitrogens is 2. The topological polar surface area (TPSA) is 64.1 Å². The van der Waals surface area contributed by atoms with Crippen LogP contribution in [0.1, 0.15) is 15.9 Å². The van der Waals surface area contributed by atoms with E-state index in [-0.39, 0.29) is 17.2 Å². The van der Waals surface area contributed by atoms with E-state index in [1.165, 1.54) is 18.9 Å². The minimum Gasteiger partial charge on any atom is -0.497 e. The van der Waals surface area contributed by atoms with Gasteiger partial charge in [0.2, 0.25) is 5.13 Å². The minimum absolute atomic E-state index is 0.210. The number of carbonyl (C=O) groups excluding carboxylic acids is 1. The molecule has 0 atom stereocenters. The monoisotopic (exact) mass is 393 g/mol. The van der Waals surface area contributed by atoms with Crippen molar-refractivity contribution in [3.63, 3.8) is 0 Å². The average Bonchev–Trinajstić information content (AvgIpc) is 3.09. The highest BCUT2D eigenvalue weighted by atomic mass is 32.2. The van der Waals surface area contributed by atoms with Crippen molar-refractivity contribution in [1.29, 1.82) is 0 Å². The standard InChI is InChI=1S/C17H13F2N3O2S2/c1-24-13-4-2-3-10(8-13)15(23)20-16-21-22-17(26-16)25-9-11-7-12(18)5-6-14(11)19/h2-8H,9H2,1H3,(H,20,21,23). The van der Waals surface area contributed by atoms with Gasteiger partial charge in [-0.1, -0.05) is 29.2 Å². The molecule has 0 spiro atoms. The number of anilines is 1. The van der Waals surface area contributed by atoms with Crippen LogP contribution in [0.25, 0.3) is 0 Å². The molecule has 0 bridgehead atoms. The van der Waals surface area contributed by atoms with Crippen molar-refractivity contribution in [2.24, 2.45) is 0 Å². The number of thioether (sulfide) groups is 1. The van der Waals surface area contributed by atoms with Gasteiger partial charge in [-0.25, -0.2) is 8.78 Å². The Labute approximate surface area is 156 Å². The molecule has 0 aliphatic rings. The van der Waals surface area contributed by atoms with Crippen LogP contribution in [0.4, 0.5) is 13.9 Å². The van der Waals surface area contributed by atoms with Gasteiger partial charge in [0.15, 0.2) is 4.34 Å². The fourth-order valence-corrected chi connectivity index (χ4v) is 3.77. The number of hydrogen-bond donors (Lipinski definition) is 1. The summed E-state index contributed by atoms with van der Waals surface area (Å²) < 4.78 is 32.4. The van der Waals surface area contributed by atoms with E-state index in [4.69, 9.17) is 4.74 Å². The van der Waals surface area contributed by atoms with Crippen LogP contribution in [0.2, 0.25) is 0 Å². The van der Waals surface area contributed by atoms with Crippen molar-refractivity contribution < 1.29 is 18.3 Å². The summed E-state index contributed by atoms with van der Waals surface area (Å²) in [6.45, 7) is 0. The molecule has 0 saturated carbocycles. The fraction of sp³-hybridized carbons (Fsp3) is 0.118. The number of nitrogens with zero attached hydrogens (tertiary/aromatic N) is 2. The van der Waals surface area contributed by atoms with Gasteiger partial charge in [-0.2, -0.15) is 0 Å². The quantitative estimate of drug-likeness (QED) is 0.498. The molecule has 2 aromatic carbocycles. The summed E-state index contributed by atoms with van der Waals surface area (Å²) in [6.07, 6.45) is 0. The molecule has 0 aliphatic carbocycles. The number of methoxy groups -OCH3 is 1. The van der Waals surface area contributed by atoms with Crippen molar-refractivity contribution in [1.82, 2.24) is 10.2 Å². The van der Waals surface area contributed by atoms with Gasteiger partial charge in [0.05, 0.1) is 7.11 Å². The van der Waals surface area contributed by atoms with Crippen molar-refractivity contribution in [2.45, 2.75) is 10.1 Å². The van der Waals surface area contributed by atoms with E-state index in [1.54, 1.807) is 24.3 Å². The second-order valence-electron chi connectivity index (χ2n) is 5.08. The number of halogens is 2. The normalized spacial score (nSPS) is 10.6. The second-order valence-corrected chi connectivity index (χ2v) is 7.28. The SMILES string of the molecule is COc1cccc(C(=O)Nc2nnc(SCc3cc(F)ccc3F)s2)c1. The highest BCUT2D eigenvalue weighted by Gasteiger charge is 2.12. The zero-order valence-electron chi connectivity index (χ0n) is 13.5. The van der Waals surface area contributed by atoms with E-state index in [1.807, 2.05) is 0 Å². The third kappa shape index (κ3) is 4.55. The van der Waals surface area contributed by atoms with Gasteiger partial charge in [0.1, 0.15) is 17.4 Å². The fourth-order valence-electron chi connectivity index (χ4n) is 2.05. The Bertz CT molecular complexity index is 934. The van der Waals surface area contributed by atoms with Gasteiger partial charge in [-0.15, -0.1) is 10.2 Å². The largest absolute Gasteiger partial charge is 0.497 e. The summed E-state index contributed by atoms with van der Waals surface area (Å²) >= 11 is 2.37. The van der Waals surface area contributed by atoms with Crippen LogP contribution >= 0.6 is 23.1 Å². The van der Waals surface area contributed by atoms with Crippen LogP contribution in [0.15, 0.2) is 46.8 Å². The van der Waals surface area contributed by atoms with Crippen LogP contribution in [0.3, 0.4) is 0 Å². The lowest BCUT2D eigenvalue weighted by molar-refractivity contribution is 0.102. The van der Waals surface area contributed by atoms with Gasteiger partial charge < -0.3 is 4.74 Å². The molecule has 0 saturated heterocycles. The zero-order chi connectivity index (χ0) is 18.5. The molecule has 134 valence electrons. The summed E-state index contributed by atoms with van der Waals surface area (Å²) in [7, 11) is 1.52. The van der Waals surface area contributed by atoms with Gasteiger partial charge in [-0.3, -0.25) is 10.1 Å². The molecule has 26 heavy (non-hydrogen) atoms. The lowest BCUT2D eigenvalue weighted by Gasteiger charge is -2.03. The van der Waals surface area contributed by atoms with Crippen molar-refractivity contribution in [3.8, 4) is 5.75 Å². The Hall–Kier alpha value is -2.52. The molecule has 0 fully saturated rings. The molecule has 1 amide bonds. The Morgan fingerprint density at radius 1 is 1.23 bits per heavy atom. The number of amides is 1. The molecule has 3 aromatic rings. The summed E-state index contributed by atoms with van der Waals surface area (Å²) in [4.78, 5) is 12.2. The Kier molecular flexibility index (Phi) is 5.79. The van der Waals surface area contributed by atoms with Gasteiger partial charge in [0.25, 0.3) is 5.91 Å². The molecule has 1 N–H and O–H groups in total. The van der Waals surface area contributed by atoms with Crippen LogP contribution < -0.4 is 10.1 Å². The third-order valence-electron chi connectivity index (χ3n) is 3.32. The molecule has 0 radical (unpaired) electrons. The average molecular weight is 393 g/mol. The van der Waals surface area contributed by atoms with Gasteiger partial charge in [-0.05, 0) is 36.4 Å². The van der Waals surface area contributed by atoms with E-state index in [9.17, 15) is 13.6 Å². The lowest BCUT2D eigenvalue weighted by atomic mass is 10.2. The smallest absolute Gasteiger partial charge is 0.257 e. The zero-order valence-corrected chi connectivity index (χ0v) is 15.2. The van der Waals surface area contributed by atoms with Crippen LogP contribution in [-0.2, 0) is 5.75 Å². The molecule has 3 rings (SSSR count). The summed E-state index contributed by atoms with van der Waals surface area (Å²) in [5.74, 6) is -0.529. The first kappa shape index (κ1) is 18.3. The van der Waals surface area contributed by atoms with Crippen molar-refractivity contribution in [2.75, 3.05) is 12.4 Å². The van der Waals surface area contributed by atoms with Crippen LogP contribution in [0, 0.1) is 11.6 Å². The molecule has 1 aromatic heterocycles. The van der Waals surface area contributed by atoms with E-state index < -0.39 is 11.6 Å². The number of benzene rings is 2. The van der Waals surface area contributed by atoms with E-state index in [0.29, 0.717) is 20.8 Å². The maximum atomic E-state index is 13.6. The first-order chi connectivity index (χ1) is 12.5. The van der Waals surface area contributed by atoms with E-state index in [0.717, 1.165) is 29.5 Å².